The Hall–Kier alpha value is -0.360. The first-order valence-electron chi connectivity index (χ1n) is 12.6. The van der Waals surface area contributed by atoms with Crippen LogP contribution in [0.1, 0.15) is 39.5 Å². The molecule has 0 aromatic rings. The molecule has 0 N–H and O–H groups in total. The van der Waals surface area contributed by atoms with Crippen molar-refractivity contribution in [3.63, 3.8) is 0 Å². The Morgan fingerprint density at radius 2 is 1.03 bits per heavy atom. The molecule has 1 saturated heterocycles. The van der Waals surface area contributed by atoms with E-state index < -0.39 is 0 Å². The molecule has 0 aliphatic carbocycles. The minimum absolute atomic E-state index is 0.0540. The van der Waals surface area contributed by atoms with Gasteiger partial charge in [-0.3, -0.25) is 0 Å². The molecule has 2 atom stereocenters. The van der Waals surface area contributed by atoms with Crippen molar-refractivity contribution >= 4 is 0 Å². The van der Waals surface area contributed by atoms with Crippen LogP contribution < -0.4 is 0 Å². The summed E-state index contributed by atoms with van der Waals surface area (Å²) in [4.78, 5) is 0. The van der Waals surface area contributed by atoms with E-state index in [1.54, 1.807) is 0 Å². The lowest BCUT2D eigenvalue weighted by Gasteiger charge is -2.22. The van der Waals surface area contributed by atoms with Crippen LogP contribution >= 0.6 is 0 Å². The molecular weight excluding hydrogens is 432 g/mol. The van der Waals surface area contributed by atoms with E-state index in [0.29, 0.717) is 98.4 Å². The molecule has 1 rings (SSSR count). The van der Waals surface area contributed by atoms with Crippen molar-refractivity contribution in [3.05, 3.63) is 0 Å². The highest BCUT2D eigenvalue weighted by atomic mass is 16.7. The zero-order chi connectivity index (χ0) is 23.7. The zero-order valence-electron chi connectivity index (χ0n) is 21.0. The van der Waals surface area contributed by atoms with Crippen LogP contribution in [0.2, 0.25) is 0 Å². The Bertz CT molecular complexity index is 381. The van der Waals surface area contributed by atoms with Gasteiger partial charge in [-0.05, 0) is 25.2 Å². The molecule has 9 nitrogen and oxygen atoms in total. The first-order chi connectivity index (χ1) is 16.3. The van der Waals surface area contributed by atoms with Crippen LogP contribution in [0, 0.1) is 5.92 Å². The van der Waals surface area contributed by atoms with E-state index in [1.165, 1.54) is 6.42 Å². The van der Waals surface area contributed by atoms with E-state index in [0.717, 1.165) is 32.5 Å². The lowest BCUT2D eigenvalue weighted by molar-refractivity contribution is -0.169. The van der Waals surface area contributed by atoms with E-state index in [4.69, 9.17) is 42.6 Å². The standard InChI is InChI=1S/C24H48O9/c1-3-23(2)22-31-19-18-29-15-14-27-11-10-25-8-9-26-12-13-28-16-17-30-20-21-33-24-6-4-5-7-32-24/h23-24H,3-22H2,1-2H3. The molecule has 0 bridgehead atoms. The topological polar surface area (TPSA) is 83.1 Å². The minimum atomic E-state index is -0.0540. The average molecular weight is 481 g/mol. The third-order valence-corrected chi connectivity index (χ3v) is 5.00. The van der Waals surface area contributed by atoms with Crippen molar-refractivity contribution in [2.45, 2.75) is 45.8 Å². The summed E-state index contributed by atoms with van der Waals surface area (Å²) in [5.41, 5.74) is 0. The van der Waals surface area contributed by atoms with Crippen molar-refractivity contribution in [1.82, 2.24) is 0 Å². The van der Waals surface area contributed by atoms with Gasteiger partial charge in [-0.15, -0.1) is 0 Å². The Morgan fingerprint density at radius 3 is 1.42 bits per heavy atom. The fraction of sp³-hybridized carbons (Fsp3) is 1.00. The molecule has 2 unspecified atom stereocenters. The molecule has 0 amide bonds. The van der Waals surface area contributed by atoms with Crippen LogP contribution in [0.25, 0.3) is 0 Å². The smallest absolute Gasteiger partial charge is 0.157 e. The lowest BCUT2D eigenvalue weighted by atomic mass is 10.1. The first kappa shape index (κ1) is 30.7. The Labute approximate surface area is 200 Å². The Balaban J connectivity index is 1.63. The molecule has 0 aromatic heterocycles. The summed E-state index contributed by atoms with van der Waals surface area (Å²) in [5.74, 6) is 0.607. The summed E-state index contributed by atoms with van der Waals surface area (Å²) in [5, 5.41) is 0. The van der Waals surface area contributed by atoms with Gasteiger partial charge in [0.1, 0.15) is 0 Å². The molecule has 1 aliphatic rings. The van der Waals surface area contributed by atoms with Crippen molar-refractivity contribution in [2.75, 3.05) is 106 Å². The summed E-state index contributed by atoms with van der Waals surface area (Å²) < 4.78 is 49.4. The highest BCUT2D eigenvalue weighted by Crippen LogP contribution is 2.13. The molecule has 0 aromatic carbocycles. The van der Waals surface area contributed by atoms with Crippen LogP contribution in [0.15, 0.2) is 0 Å². The number of ether oxygens (including phenoxy) is 9. The normalized spacial score (nSPS) is 17.5. The fourth-order valence-corrected chi connectivity index (χ4v) is 2.80. The lowest BCUT2D eigenvalue weighted by Crippen LogP contribution is -2.24. The van der Waals surface area contributed by atoms with Gasteiger partial charge in [0.15, 0.2) is 6.29 Å². The first-order valence-corrected chi connectivity index (χ1v) is 12.6. The Morgan fingerprint density at radius 1 is 0.606 bits per heavy atom. The Kier molecular flexibility index (Phi) is 23.0. The highest BCUT2D eigenvalue weighted by molar-refractivity contribution is 4.53. The van der Waals surface area contributed by atoms with Crippen LogP contribution in [0.3, 0.4) is 0 Å². The van der Waals surface area contributed by atoms with Gasteiger partial charge in [0.05, 0.1) is 92.5 Å². The summed E-state index contributed by atoms with van der Waals surface area (Å²) in [6.07, 6.45) is 4.37. The van der Waals surface area contributed by atoms with Gasteiger partial charge in [-0.25, -0.2) is 0 Å². The molecule has 1 heterocycles. The quantitative estimate of drug-likeness (QED) is 0.183. The monoisotopic (exact) mass is 480 g/mol. The minimum Gasteiger partial charge on any atom is -0.379 e. The predicted octanol–water partition coefficient (Wildman–Crippen LogP) is 2.69. The van der Waals surface area contributed by atoms with Crippen LogP contribution in [0.5, 0.6) is 0 Å². The van der Waals surface area contributed by atoms with Crippen LogP contribution in [-0.4, -0.2) is 112 Å². The van der Waals surface area contributed by atoms with Gasteiger partial charge in [0.2, 0.25) is 0 Å². The van der Waals surface area contributed by atoms with Crippen molar-refractivity contribution < 1.29 is 42.6 Å². The van der Waals surface area contributed by atoms with Crippen molar-refractivity contribution in [2.24, 2.45) is 5.92 Å². The molecule has 9 heteroatoms. The average Bonchev–Trinajstić information content (AvgIpc) is 2.85. The van der Waals surface area contributed by atoms with E-state index in [1.807, 2.05) is 0 Å². The maximum Gasteiger partial charge on any atom is 0.157 e. The fourth-order valence-electron chi connectivity index (χ4n) is 2.80. The largest absolute Gasteiger partial charge is 0.379 e. The maximum atomic E-state index is 5.60. The van der Waals surface area contributed by atoms with Gasteiger partial charge in [0, 0.05) is 13.2 Å². The molecule has 33 heavy (non-hydrogen) atoms. The second kappa shape index (κ2) is 24.8. The van der Waals surface area contributed by atoms with Crippen molar-refractivity contribution in [3.8, 4) is 0 Å². The summed E-state index contributed by atoms with van der Waals surface area (Å²) in [6, 6.07) is 0. The molecule has 1 aliphatic heterocycles. The number of rotatable bonds is 25. The highest BCUT2D eigenvalue weighted by Gasteiger charge is 2.13. The summed E-state index contributed by atoms with van der Waals surface area (Å²) >= 11 is 0. The van der Waals surface area contributed by atoms with E-state index in [2.05, 4.69) is 13.8 Å². The molecule has 0 radical (unpaired) electrons. The zero-order valence-corrected chi connectivity index (χ0v) is 21.0. The van der Waals surface area contributed by atoms with Crippen LogP contribution in [0.4, 0.5) is 0 Å². The predicted molar refractivity (Wildman–Crippen MR) is 125 cm³/mol. The second-order valence-corrected chi connectivity index (χ2v) is 7.93. The van der Waals surface area contributed by atoms with E-state index in [9.17, 15) is 0 Å². The molecular formula is C24H48O9. The number of hydrogen-bond acceptors (Lipinski definition) is 9. The van der Waals surface area contributed by atoms with Gasteiger partial charge >= 0.3 is 0 Å². The third kappa shape index (κ3) is 21.9. The maximum absolute atomic E-state index is 5.60. The molecule has 0 saturated carbocycles. The summed E-state index contributed by atoms with van der Waals surface area (Å²) in [6.45, 7) is 13.8. The van der Waals surface area contributed by atoms with Gasteiger partial charge < -0.3 is 42.6 Å². The van der Waals surface area contributed by atoms with Crippen LogP contribution in [-0.2, 0) is 42.6 Å². The van der Waals surface area contributed by atoms with Crippen molar-refractivity contribution in [1.29, 1.82) is 0 Å². The summed E-state index contributed by atoms with van der Waals surface area (Å²) in [7, 11) is 0. The molecule has 0 spiro atoms. The second-order valence-electron chi connectivity index (χ2n) is 7.93. The molecule has 1 fully saturated rings. The molecule has 198 valence electrons. The van der Waals surface area contributed by atoms with Gasteiger partial charge in [-0.2, -0.15) is 0 Å². The van der Waals surface area contributed by atoms with Gasteiger partial charge in [-0.1, -0.05) is 20.3 Å². The van der Waals surface area contributed by atoms with E-state index in [-0.39, 0.29) is 6.29 Å². The SMILES string of the molecule is CCC(C)COCCOCCOCCOCCOCCOCCOCCOC1CCCCO1. The van der Waals surface area contributed by atoms with E-state index >= 15 is 0 Å². The van der Waals surface area contributed by atoms with Gasteiger partial charge in [0.25, 0.3) is 0 Å². The third-order valence-electron chi connectivity index (χ3n) is 5.00. The number of hydrogen-bond donors (Lipinski definition) is 0.